The zero-order valence-corrected chi connectivity index (χ0v) is 14.2. The van der Waals surface area contributed by atoms with Gasteiger partial charge in [-0.3, -0.25) is 4.90 Å². The molecule has 122 valence electrons. The number of nitrogens with one attached hydrogen (secondary N) is 1. The molecule has 2 saturated carbocycles. The van der Waals surface area contributed by atoms with Crippen LogP contribution in [0, 0.1) is 11.3 Å². The van der Waals surface area contributed by atoms with E-state index in [4.69, 9.17) is 4.74 Å². The summed E-state index contributed by atoms with van der Waals surface area (Å²) in [5, 5.41) is 3.85. The molecule has 1 aliphatic heterocycles. The van der Waals surface area contributed by atoms with E-state index in [9.17, 15) is 0 Å². The van der Waals surface area contributed by atoms with Crippen LogP contribution in [0.4, 0.5) is 0 Å². The van der Waals surface area contributed by atoms with E-state index in [-0.39, 0.29) is 0 Å². The highest BCUT2D eigenvalue weighted by atomic mass is 16.5. The Balaban J connectivity index is 1.64. The highest BCUT2D eigenvalue weighted by Crippen LogP contribution is 2.41. The Morgan fingerprint density at radius 2 is 2.00 bits per heavy atom. The molecule has 1 heterocycles. The fourth-order valence-electron chi connectivity index (χ4n) is 4.40. The zero-order valence-electron chi connectivity index (χ0n) is 14.2. The third kappa shape index (κ3) is 4.20. The van der Waals surface area contributed by atoms with Gasteiger partial charge in [-0.05, 0) is 50.9 Å². The van der Waals surface area contributed by atoms with Gasteiger partial charge in [0.15, 0.2) is 0 Å². The Hall–Kier alpha value is -0.120. The maximum absolute atomic E-state index is 5.81. The van der Waals surface area contributed by atoms with E-state index in [0.29, 0.717) is 17.6 Å². The summed E-state index contributed by atoms with van der Waals surface area (Å²) in [6, 6.07) is 1.41. The molecule has 4 atom stereocenters. The smallest absolute Gasteiger partial charge is 0.0674 e. The minimum absolute atomic E-state index is 0.399. The summed E-state index contributed by atoms with van der Waals surface area (Å²) in [4.78, 5) is 2.71. The van der Waals surface area contributed by atoms with Gasteiger partial charge in [0.1, 0.15) is 0 Å². The Labute approximate surface area is 130 Å². The van der Waals surface area contributed by atoms with Crippen molar-refractivity contribution >= 4 is 0 Å². The van der Waals surface area contributed by atoms with Crippen molar-refractivity contribution in [2.24, 2.45) is 11.3 Å². The summed E-state index contributed by atoms with van der Waals surface area (Å²) in [7, 11) is 0. The SMILES string of the molecule is CC1CCCC(CNC2CC2)(CN2CC(C)OCC2C)C1. The molecule has 0 radical (unpaired) electrons. The van der Waals surface area contributed by atoms with Crippen LogP contribution in [0.5, 0.6) is 0 Å². The van der Waals surface area contributed by atoms with E-state index in [0.717, 1.165) is 25.1 Å². The Bertz CT molecular complexity index is 344. The normalized spacial score (nSPS) is 42.1. The monoisotopic (exact) mass is 294 g/mol. The molecule has 3 fully saturated rings. The Morgan fingerprint density at radius 3 is 2.71 bits per heavy atom. The summed E-state index contributed by atoms with van der Waals surface area (Å²) in [6.45, 7) is 11.5. The van der Waals surface area contributed by atoms with Gasteiger partial charge < -0.3 is 10.1 Å². The first kappa shape index (κ1) is 15.8. The Kier molecular flexibility index (Phi) is 4.92. The van der Waals surface area contributed by atoms with Crippen molar-refractivity contribution in [2.45, 2.75) is 77.5 Å². The van der Waals surface area contributed by atoms with Gasteiger partial charge in [0, 0.05) is 31.7 Å². The molecule has 3 rings (SSSR count). The minimum atomic E-state index is 0.399. The van der Waals surface area contributed by atoms with E-state index in [1.165, 1.54) is 51.6 Å². The maximum Gasteiger partial charge on any atom is 0.0674 e. The third-order valence-electron chi connectivity index (χ3n) is 5.80. The molecule has 1 N–H and O–H groups in total. The van der Waals surface area contributed by atoms with E-state index >= 15 is 0 Å². The molecule has 0 aromatic rings. The fourth-order valence-corrected chi connectivity index (χ4v) is 4.40. The van der Waals surface area contributed by atoms with Crippen LogP contribution in [0.25, 0.3) is 0 Å². The second-order valence-corrected chi connectivity index (χ2v) is 8.28. The van der Waals surface area contributed by atoms with Crippen LogP contribution in [0.2, 0.25) is 0 Å². The maximum atomic E-state index is 5.81. The van der Waals surface area contributed by atoms with Gasteiger partial charge in [0.2, 0.25) is 0 Å². The average Bonchev–Trinajstić information content (AvgIpc) is 3.25. The quantitative estimate of drug-likeness (QED) is 0.843. The lowest BCUT2D eigenvalue weighted by Crippen LogP contribution is -2.54. The van der Waals surface area contributed by atoms with Crippen LogP contribution in [-0.2, 0) is 4.74 Å². The Morgan fingerprint density at radius 1 is 1.19 bits per heavy atom. The van der Waals surface area contributed by atoms with Gasteiger partial charge in [0.25, 0.3) is 0 Å². The average molecular weight is 294 g/mol. The molecule has 0 bridgehead atoms. The van der Waals surface area contributed by atoms with Crippen LogP contribution in [0.1, 0.15) is 59.3 Å². The number of hydrogen-bond donors (Lipinski definition) is 1. The number of ether oxygens (including phenoxy) is 1. The number of morpholine rings is 1. The van der Waals surface area contributed by atoms with E-state index in [2.05, 4.69) is 31.0 Å². The lowest BCUT2D eigenvalue weighted by molar-refractivity contribution is -0.0689. The minimum Gasteiger partial charge on any atom is -0.376 e. The first-order valence-corrected chi connectivity index (χ1v) is 9.15. The molecule has 0 spiro atoms. The van der Waals surface area contributed by atoms with Crippen molar-refractivity contribution in [3.63, 3.8) is 0 Å². The zero-order chi connectivity index (χ0) is 14.9. The summed E-state index contributed by atoms with van der Waals surface area (Å²) in [6.07, 6.45) is 8.87. The fraction of sp³-hybridized carbons (Fsp3) is 1.00. The molecule has 1 saturated heterocycles. The van der Waals surface area contributed by atoms with Crippen LogP contribution in [0.15, 0.2) is 0 Å². The highest BCUT2D eigenvalue weighted by molar-refractivity contribution is 4.94. The molecule has 4 unspecified atom stereocenters. The molecule has 0 aromatic carbocycles. The molecule has 0 amide bonds. The van der Waals surface area contributed by atoms with Crippen molar-refractivity contribution in [2.75, 3.05) is 26.2 Å². The lowest BCUT2D eigenvalue weighted by Gasteiger charge is -2.47. The first-order chi connectivity index (χ1) is 10.1. The van der Waals surface area contributed by atoms with Gasteiger partial charge in [0.05, 0.1) is 12.7 Å². The second kappa shape index (κ2) is 6.55. The predicted octanol–water partition coefficient (Wildman–Crippen LogP) is 3.04. The topological polar surface area (TPSA) is 24.5 Å². The van der Waals surface area contributed by atoms with Crippen LogP contribution >= 0.6 is 0 Å². The molecular formula is C18H34N2O. The summed E-state index contributed by atoms with van der Waals surface area (Å²) < 4.78 is 5.81. The summed E-state index contributed by atoms with van der Waals surface area (Å²) >= 11 is 0. The lowest BCUT2D eigenvalue weighted by atomic mass is 9.69. The van der Waals surface area contributed by atoms with Gasteiger partial charge in [-0.2, -0.15) is 0 Å². The van der Waals surface area contributed by atoms with Crippen molar-refractivity contribution in [1.29, 1.82) is 0 Å². The number of rotatable bonds is 5. The van der Waals surface area contributed by atoms with Gasteiger partial charge in [-0.1, -0.05) is 19.8 Å². The second-order valence-electron chi connectivity index (χ2n) is 8.28. The molecule has 3 nitrogen and oxygen atoms in total. The predicted molar refractivity (Wildman–Crippen MR) is 87.5 cm³/mol. The van der Waals surface area contributed by atoms with Crippen molar-refractivity contribution in [1.82, 2.24) is 10.2 Å². The number of hydrogen-bond acceptors (Lipinski definition) is 3. The van der Waals surface area contributed by atoms with Gasteiger partial charge >= 0.3 is 0 Å². The molecule has 0 aromatic heterocycles. The molecule has 21 heavy (non-hydrogen) atoms. The number of nitrogens with zero attached hydrogens (tertiary/aromatic N) is 1. The van der Waals surface area contributed by atoms with E-state index in [1.807, 2.05) is 0 Å². The summed E-state index contributed by atoms with van der Waals surface area (Å²) in [5.41, 5.74) is 0.506. The molecule has 3 aliphatic rings. The largest absolute Gasteiger partial charge is 0.376 e. The van der Waals surface area contributed by atoms with Crippen molar-refractivity contribution < 1.29 is 4.74 Å². The standard InChI is InChI=1S/C18H34N2O/c1-14-5-4-8-18(9-14,12-19-17-6-7-17)13-20-10-16(3)21-11-15(20)2/h14-17,19H,4-13H2,1-3H3. The van der Waals surface area contributed by atoms with Crippen LogP contribution < -0.4 is 5.32 Å². The third-order valence-corrected chi connectivity index (χ3v) is 5.80. The van der Waals surface area contributed by atoms with E-state index < -0.39 is 0 Å². The van der Waals surface area contributed by atoms with Crippen molar-refractivity contribution in [3.05, 3.63) is 0 Å². The highest BCUT2D eigenvalue weighted by Gasteiger charge is 2.39. The van der Waals surface area contributed by atoms with Crippen LogP contribution in [-0.4, -0.2) is 49.3 Å². The van der Waals surface area contributed by atoms with Crippen molar-refractivity contribution in [3.8, 4) is 0 Å². The first-order valence-electron chi connectivity index (χ1n) is 9.15. The molecular weight excluding hydrogens is 260 g/mol. The van der Waals surface area contributed by atoms with Crippen LogP contribution in [0.3, 0.4) is 0 Å². The van der Waals surface area contributed by atoms with E-state index in [1.54, 1.807) is 0 Å². The summed E-state index contributed by atoms with van der Waals surface area (Å²) in [5.74, 6) is 0.897. The molecule has 2 aliphatic carbocycles. The van der Waals surface area contributed by atoms with Gasteiger partial charge in [-0.15, -0.1) is 0 Å². The molecule has 3 heteroatoms. The van der Waals surface area contributed by atoms with Gasteiger partial charge in [-0.25, -0.2) is 0 Å².